The smallest absolute Gasteiger partial charge is 0.378 e. The van der Waals surface area contributed by atoms with Gasteiger partial charge in [0.2, 0.25) is 0 Å². The van der Waals surface area contributed by atoms with Crippen molar-refractivity contribution in [2.24, 2.45) is 5.92 Å². The Morgan fingerprint density at radius 2 is 1.39 bits per heavy atom. The number of halogens is 3. The second kappa shape index (κ2) is 12.5. The minimum absolute atomic E-state index is 0.130. The summed E-state index contributed by atoms with van der Waals surface area (Å²) in [6.07, 6.45) is 8.16. The van der Waals surface area contributed by atoms with E-state index in [4.69, 9.17) is 4.74 Å². The number of unbranched alkanes of at least 4 members (excludes halogenated alkanes) is 5. The van der Waals surface area contributed by atoms with Gasteiger partial charge in [-0.3, -0.25) is 0 Å². The summed E-state index contributed by atoms with van der Waals surface area (Å²) in [6.45, 7) is 6.59. The third-order valence-electron chi connectivity index (χ3n) is 6.32. The van der Waals surface area contributed by atoms with Crippen molar-refractivity contribution >= 4 is 0 Å². The van der Waals surface area contributed by atoms with Crippen molar-refractivity contribution in [2.75, 3.05) is 7.11 Å². The SMILES string of the molecule is CCCCCCCCC(CCc1ccc(C(F)(F)F)cc1)C(CC)(CC)OC. The van der Waals surface area contributed by atoms with Gasteiger partial charge in [-0.25, -0.2) is 0 Å². The van der Waals surface area contributed by atoms with Gasteiger partial charge < -0.3 is 4.74 Å². The monoisotopic (exact) mass is 400 g/mol. The van der Waals surface area contributed by atoms with Crippen LogP contribution >= 0.6 is 0 Å². The maximum atomic E-state index is 12.8. The molecule has 1 aromatic carbocycles. The van der Waals surface area contributed by atoms with Crippen molar-refractivity contribution in [1.29, 1.82) is 0 Å². The van der Waals surface area contributed by atoms with Gasteiger partial charge in [0, 0.05) is 7.11 Å². The molecule has 0 bridgehead atoms. The average molecular weight is 401 g/mol. The largest absolute Gasteiger partial charge is 0.416 e. The van der Waals surface area contributed by atoms with Crippen LogP contribution in [0.4, 0.5) is 13.2 Å². The molecule has 0 N–H and O–H groups in total. The van der Waals surface area contributed by atoms with Gasteiger partial charge in [0.25, 0.3) is 0 Å². The Labute approximate surface area is 170 Å². The topological polar surface area (TPSA) is 9.23 Å². The second-order valence-corrected chi connectivity index (χ2v) is 7.96. The molecule has 1 atom stereocenters. The highest BCUT2D eigenvalue weighted by Crippen LogP contribution is 2.36. The molecule has 0 aliphatic rings. The van der Waals surface area contributed by atoms with Crippen LogP contribution in [0.3, 0.4) is 0 Å². The average Bonchev–Trinajstić information content (AvgIpc) is 2.69. The Kier molecular flexibility index (Phi) is 11.2. The van der Waals surface area contributed by atoms with Crippen LogP contribution in [-0.2, 0) is 17.3 Å². The number of ether oxygens (including phenoxy) is 1. The van der Waals surface area contributed by atoms with Crippen LogP contribution < -0.4 is 0 Å². The molecular weight excluding hydrogens is 361 g/mol. The molecule has 162 valence electrons. The zero-order valence-electron chi connectivity index (χ0n) is 18.2. The summed E-state index contributed by atoms with van der Waals surface area (Å²) in [6, 6.07) is 5.64. The van der Waals surface area contributed by atoms with Crippen LogP contribution in [0, 0.1) is 5.92 Å². The van der Waals surface area contributed by atoms with E-state index < -0.39 is 11.7 Å². The minimum Gasteiger partial charge on any atom is -0.378 e. The molecule has 0 radical (unpaired) electrons. The lowest BCUT2D eigenvalue weighted by Crippen LogP contribution is -2.39. The number of methoxy groups -OCH3 is 1. The highest BCUT2D eigenvalue weighted by atomic mass is 19.4. The fraction of sp³-hybridized carbons (Fsp3) is 0.750. The first-order valence-corrected chi connectivity index (χ1v) is 11.0. The van der Waals surface area contributed by atoms with Gasteiger partial charge >= 0.3 is 6.18 Å². The standard InChI is InChI=1S/C24H39F3O/c1-5-8-9-10-11-12-13-21(23(6-2,7-3)28-4)17-14-20-15-18-22(19-16-20)24(25,26)27/h15-16,18-19,21H,5-14,17H2,1-4H3. The second-order valence-electron chi connectivity index (χ2n) is 7.96. The summed E-state index contributed by atoms with van der Waals surface area (Å²) in [7, 11) is 1.80. The fourth-order valence-electron chi connectivity index (χ4n) is 4.33. The van der Waals surface area contributed by atoms with Crippen LogP contribution in [0.2, 0.25) is 0 Å². The van der Waals surface area contributed by atoms with E-state index in [0.717, 1.165) is 37.7 Å². The Morgan fingerprint density at radius 1 is 0.821 bits per heavy atom. The van der Waals surface area contributed by atoms with Crippen LogP contribution in [-0.4, -0.2) is 12.7 Å². The van der Waals surface area contributed by atoms with Gasteiger partial charge in [-0.15, -0.1) is 0 Å². The van der Waals surface area contributed by atoms with Crippen LogP contribution in [0.5, 0.6) is 0 Å². The molecule has 0 amide bonds. The van der Waals surface area contributed by atoms with Crippen LogP contribution in [0.1, 0.15) is 96.1 Å². The number of benzene rings is 1. The van der Waals surface area contributed by atoms with E-state index in [2.05, 4.69) is 20.8 Å². The molecule has 4 heteroatoms. The van der Waals surface area contributed by atoms with Crippen LogP contribution in [0.15, 0.2) is 24.3 Å². The van der Waals surface area contributed by atoms with E-state index in [1.165, 1.54) is 50.7 Å². The van der Waals surface area contributed by atoms with E-state index in [0.29, 0.717) is 5.92 Å². The highest BCUT2D eigenvalue weighted by Gasteiger charge is 2.35. The quantitative estimate of drug-likeness (QED) is 0.286. The summed E-state index contributed by atoms with van der Waals surface area (Å²) in [5.41, 5.74) is 0.265. The maximum absolute atomic E-state index is 12.8. The zero-order valence-corrected chi connectivity index (χ0v) is 18.2. The van der Waals surface area contributed by atoms with Crippen molar-refractivity contribution in [1.82, 2.24) is 0 Å². The van der Waals surface area contributed by atoms with E-state index in [9.17, 15) is 13.2 Å². The molecule has 1 nitrogen and oxygen atoms in total. The molecule has 0 spiro atoms. The Balaban J connectivity index is 2.71. The minimum atomic E-state index is -4.27. The van der Waals surface area contributed by atoms with E-state index in [-0.39, 0.29) is 5.60 Å². The molecule has 0 aliphatic carbocycles. The van der Waals surface area contributed by atoms with Crippen molar-refractivity contribution in [3.05, 3.63) is 35.4 Å². The summed E-state index contributed by atoms with van der Waals surface area (Å²) in [4.78, 5) is 0. The number of alkyl halides is 3. The number of hydrogen-bond donors (Lipinski definition) is 0. The molecule has 0 saturated heterocycles. The van der Waals surface area contributed by atoms with Gasteiger partial charge in [0.1, 0.15) is 0 Å². The predicted octanol–water partition coefficient (Wildman–Crippen LogP) is 8.21. The molecular formula is C24H39F3O. The molecule has 0 heterocycles. The molecule has 0 saturated carbocycles. The summed E-state index contributed by atoms with van der Waals surface area (Å²) < 4.78 is 44.3. The Bertz CT molecular complexity index is 509. The lowest BCUT2D eigenvalue weighted by Gasteiger charge is -2.39. The summed E-state index contributed by atoms with van der Waals surface area (Å²) in [5.74, 6) is 0.431. The van der Waals surface area contributed by atoms with Gasteiger partial charge in [0.15, 0.2) is 0 Å². The zero-order chi connectivity index (χ0) is 21.0. The number of rotatable bonds is 14. The third-order valence-corrected chi connectivity index (χ3v) is 6.32. The van der Waals surface area contributed by atoms with Gasteiger partial charge in [-0.1, -0.05) is 71.4 Å². The Hall–Kier alpha value is -1.03. The lowest BCUT2D eigenvalue weighted by atomic mass is 9.76. The first-order valence-electron chi connectivity index (χ1n) is 11.0. The predicted molar refractivity (Wildman–Crippen MR) is 112 cm³/mol. The molecule has 1 rings (SSSR count). The fourth-order valence-corrected chi connectivity index (χ4v) is 4.33. The van der Waals surface area contributed by atoms with Gasteiger partial charge in [-0.2, -0.15) is 13.2 Å². The van der Waals surface area contributed by atoms with Crippen LogP contribution in [0.25, 0.3) is 0 Å². The van der Waals surface area contributed by atoms with Gasteiger partial charge in [0.05, 0.1) is 11.2 Å². The van der Waals surface area contributed by atoms with Gasteiger partial charge in [-0.05, 0) is 55.7 Å². The molecule has 28 heavy (non-hydrogen) atoms. The first kappa shape index (κ1) is 25.0. The molecule has 1 aromatic rings. The molecule has 0 aliphatic heterocycles. The van der Waals surface area contributed by atoms with Crippen molar-refractivity contribution in [3.8, 4) is 0 Å². The van der Waals surface area contributed by atoms with E-state index >= 15 is 0 Å². The molecule has 0 aromatic heterocycles. The lowest BCUT2D eigenvalue weighted by molar-refractivity contribution is -0.137. The molecule has 1 unspecified atom stereocenters. The Morgan fingerprint density at radius 3 is 1.89 bits per heavy atom. The van der Waals surface area contributed by atoms with E-state index in [1.54, 1.807) is 19.2 Å². The number of aryl methyl sites for hydroxylation is 1. The van der Waals surface area contributed by atoms with Crippen molar-refractivity contribution < 1.29 is 17.9 Å². The maximum Gasteiger partial charge on any atom is 0.416 e. The first-order chi connectivity index (χ1) is 13.3. The summed E-state index contributed by atoms with van der Waals surface area (Å²) in [5, 5.41) is 0. The van der Waals surface area contributed by atoms with Crippen molar-refractivity contribution in [3.63, 3.8) is 0 Å². The third kappa shape index (κ3) is 7.77. The van der Waals surface area contributed by atoms with Crippen molar-refractivity contribution in [2.45, 2.75) is 103 Å². The molecule has 0 fully saturated rings. The normalized spacial score (nSPS) is 13.7. The number of hydrogen-bond acceptors (Lipinski definition) is 1. The van der Waals surface area contributed by atoms with E-state index in [1.807, 2.05) is 0 Å². The highest BCUT2D eigenvalue weighted by molar-refractivity contribution is 5.24. The summed E-state index contributed by atoms with van der Waals surface area (Å²) >= 11 is 0.